The molecule has 6 nitrogen and oxygen atoms in total. The molecule has 0 atom stereocenters. The number of rotatable bonds is 4. The molecule has 2 heterocycles. The minimum Gasteiger partial charge on any atom is -0.459 e. The molecular formula is C18H19BrF3N3O3S. The highest BCUT2D eigenvalue weighted by atomic mass is 79.9. The molecule has 11 heteroatoms. The largest absolute Gasteiger partial charge is 0.459 e. The maximum atomic E-state index is 13.1. The number of esters is 1. The summed E-state index contributed by atoms with van der Waals surface area (Å²) in [6, 6.07) is 0. The van der Waals surface area contributed by atoms with Gasteiger partial charge in [0, 0.05) is 11.9 Å². The molecule has 0 fully saturated rings. The Balaban J connectivity index is 1.99. The van der Waals surface area contributed by atoms with Crippen molar-refractivity contribution in [2.75, 3.05) is 5.32 Å². The highest BCUT2D eigenvalue weighted by Crippen LogP contribution is 2.40. The molecule has 0 aliphatic heterocycles. The van der Waals surface area contributed by atoms with Gasteiger partial charge < -0.3 is 10.1 Å². The smallest absolute Gasteiger partial charge is 0.436 e. The number of hydrogen-bond acceptors (Lipinski definition) is 5. The van der Waals surface area contributed by atoms with E-state index in [1.807, 2.05) is 0 Å². The number of aromatic nitrogens is 2. The topological polar surface area (TPSA) is 73.2 Å². The van der Waals surface area contributed by atoms with Gasteiger partial charge in [0.1, 0.15) is 10.7 Å². The molecule has 2 aromatic heterocycles. The van der Waals surface area contributed by atoms with E-state index in [1.165, 1.54) is 18.4 Å². The first-order valence-corrected chi connectivity index (χ1v) is 10.6. The molecule has 0 bridgehead atoms. The fraction of sp³-hybridized carbons (Fsp3) is 0.500. The SMILES string of the molecule is CC(C)OC(=O)c1c(NC(=O)c2c(Br)c(C(F)(F)F)nn2C)sc2c1CCCC2. The number of nitrogens with one attached hydrogen (secondary N) is 1. The van der Waals surface area contributed by atoms with E-state index in [2.05, 4.69) is 26.3 Å². The number of carbonyl (C=O) groups is 2. The van der Waals surface area contributed by atoms with Crippen molar-refractivity contribution in [3.05, 3.63) is 31.9 Å². The summed E-state index contributed by atoms with van der Waals surface area (Å²) in [5, 5.41) is 6.29. The second-order valence-corrected chi connectivity index (χ2v) is 8.85. The number of fused-ring (bicyclic) bond motifs is 1. The van der Waals surface area contributed by atoms with Gasteiger partial charge >= 0.3 is 12.1 Å². The van der Waals surface area contributed by atoms with Gasteiger partial charge in [-0.1, -0.05) is 0 Å². The predicted octanol–water partition coefficient (Wildman–Crippen LogP) is 4.96. The molecule has 3 rings (SSSR count). The third-order valence-electron chi connectivity index (χ3n) is 4.42. The van der Waals surface area contributed by atoms with E-state index < -0.39 is 28.2 Å². The van der Waals surface area contributed by atoms with Crippen molar-refractivity contribution in [2.45, 2.75) is 51.8 Å². The number of amides is 1. The summed E-state index contributed by atoms with van der Waals surface area (Å²) in [5.41, 5.74) is -0.328. The Morgan fingerprint density at radius 1 is 1.28 bits per heavy atom. The van der Waals surface area contributed by atoms with Gasteiger partial charge in [0.05, 0.1) is 16.1 Å². The van der Waals surface area contributed by atoms with E-state index in [9.17, 15) is 22.8 Å². The molecule has 0 unspecified atom stereocenters. The van der Waals surface area contributed by atoms with Crippen LogP contribution in [0.4, 0.5) is 18.2 Å². The molecule has 1 N–H and O–H groups in total. The lowest BCUT2D eigenvalue weighted by atomic mass is 9.95. The van der Waals surface area contributed by atoms with Gasteiger partial charge in [-0.05, 0) is 61.0 Å². The zero-order valence-electron chi connectivity index (χ0n) is 15.9. The van der Waals surface area contributed by atoms with Gasteiger partial charge in [-0.2, -0.15) is 18.3 Å². The average Bonchev–Trinajstić information content (AvgIpc) is 3.10. The predicted molar refractivity (Wildman–Crippen MR) is 105 cm³/mol. The van der Waals surface area contributed by atoms with Crippen LogP contribution in [0.5, 0.6) is 0 Å². The van der Waals surface area contributed by atoms with Gasteiger partial charge in [0.25, 0.3) is 5.91 Å². The van der Waals surface area contributed by atoms with E-state index >= 15 is 0 Å². The number of hydrogen-bond donors (Lipinski definition) is 1. The van der Waals surface area contributed by atoms with Crippen molar-refractivity contribution in [2.24, 2.45) is 7.05 Å². The summed E-state index contributed by atoms with van der Waals surface area (Å²) in [4.78, 5) is 26.4. The molecule has 29 heavy (non-hydrogen) atoms. The number of ether oxygens (including phenoxy) is 1. The molecule has 0 spiro atoms. The molecule has 2 aromatic rings. The standard InChI is InChI=1S/C18H19BrF3N3O3S/c1-8(2)28-17(27)11-9-6-4-5-7-10(9)29-16(11)23-15(26)13-12(19)14(18(20,21)22)24-25(13)3/h8H,4-7H2,1-3H3,(H,23,26). The van der Waals surface area contributed by atoms with Crippen LogP contribution in [0.2, 0.25) is 0 Å². The average molecular weight is 494 g/mol. The van der Waals surface area contributed by atoms with E-state index in [4.69, 9.17) is 4.74 Å². The first-order valence-electron chi connectivity index (χ1n) is 8.97. The molecule has 0 radical (unpaired) electrons. The Labute approximate surface area is 177 Å². The number of carbonyl (C=O) groups excluding carboxylic acids is 2. The van der Waals surface area contributed by atoms with E-state index in [-0.39, 0.29) is 16.8 Å². The number of alkyl halides is 3. The van der Waals surface area contributed by atoms with Crippen LogP contribution in [0.15, 0.2) is 4.47 Å². The Kier molecular flexibility index (Phi) is 6.09. The highest BCUT2D eigenvalue weighted by Gasteiger charge is 2.39. The third-order valence-corrected chi connectivity index (χ3v) is 6.38. The Bertz CT molecular complexity index is 966. The summed E-state index contributed by atoms with van der Waals surface area (Å²) < 4.78 is 45.0. The molecule has 0 aromatic carbocycles. The minimum atomic E-state index is -4.70. The van der Waals surface area contributed by atoms with Crippen LogP contribution in [0.1, 0.15) is 63.7 Å². The van der Waals surface area contributed by atoms with Crippen LogP contribution in [0, 0.1) is 0 Å². The Morgan fingerprint density at radius 3 is 2.52 bits per heavy atom. The Morgan fingerprint density at radius 2 is 1.93 bits per heavy atom. The monoisotopic (exact) mass is 493 g/mol. The number of thiophene rings is 1. The normalized spacial score (nSPS) is 14.1. The maximum absolute atomic E-state index is 13.1. The number of halogens is 4. The zero-order chi connectivity index (χ0) is 21.5. The molecule has 0 saturated heterocycles. The summed E-state index contributed by atoms with van der Waals surface area (Å²) in [5.74, 6) is -1.34. The third kappa shape index (κ3) is 4.35. The van der Waals surface area contributed by atoms with E-state index in [1.54, 1.807) is 13.8 Å². The molecule has 158 valence electrons. The van der Waals surface area contributed by atoms with Gasteiger partial charge in [-0.15, -0.1) is 11.3 Å². The van der Waals surface area contributed by atoms with Crippen LogP contribution in [-0.2, 0) is 30.8 Å². The van der Waals surface area contributed by atoms with Gasteiger partial charge in [-0.3, -0.25) is 9.48 Å². The summed E-state index contributed by atoms with van der Waals surface area (Å²) in [7, 11) is 1.25. The lowest BCUT2D eigenvalue weighted by Gasteiger charge is -2.14. The highest BCUT2D eigenvalue weighted by molar-refractivity contribution is 9.10. The second-order valence-electron chi connectivity index (χ2n) is 6.96. The first-order chi connectivity index (χ1) is 13.5. The fourth-order valence-corrected chi connectivity index (χ4v) is 5.24. The summed E-state index contributed by atoms with van der Waals surface area (Å²) in [6.07, 6.45) is -1.68. The van der Waals surface area contributed by atoms with Crippen molar-refractivity contribution < 1.29 is 27.5 Å². The lowest BCUT2D eigenvalue weighted by Crippen LogP contribution is -2.19. The molecule has 1 aliphatic rings. The van der Waals surface area contributed by atoms with Crippen LogP contribution in [0.3, 0.4) is 0 Å². The van der Waals surface area contributed by atoms with Crippen LogP contribution in [-0.4, -0.2) is 27.8 Å². The number of anilines is 1. The lowest BCUT2D eigenvalue weighted by molar-refractivity contribution is -0.142. The van der Waals surface area contributed by atoms with E-state index in [0.29, 0.717) is 12.0 Å². The van der Waals surface area contributed by atoms with Crippen molar-refractivity contribution in [1.29, 1.82) is 0 Å². The fourth-order valence-electron chi connectivity index (χ4n) is 3.23. The quantitative estimate of drug-likeness (QED) is 0.610. The molecule has 1 aliphatic carbocycles. The number of aryl methyl sites for hydroxylation is 2. The number of nitrogens with zero attached hydrogens (tertiary/aromatic N) is 2. The molecular weight excluding hydrogens is 475 g/mol. The van der Waals surface area contributed by atoms with Crippen LogP contribution in [0.25, 0.3) is 0 Å². The molecule has 1 amide bonds. The summed E-state index contributed by atoms with van der Waals surface area (Å²) in [6.45, 7) is 3.45. The Hall–Kier alpha value is -1.88. The van der Waals surface area contributed by atoms with Gasteiger partial charge in [0.15, 0.2) is 5.69 Å². The summed E-state index contributed by atoms with van der Waals surface area (Å²) >= 11 is 4.10. The first kappa shape index (κ1) is 21.8. The van der Waals surface area contributed by atoms with Crippen molar-refractivity contribution in [3.8, 4) is 0 Å². The van der Waals surface area contributed by atoms with Gasteiger partial charge in [0.2, 0.25) is 0 Å². The van der Waals surface area contributed by atoms with E-state index in [0.717, 1.165) is 34.4 Å². The van der Waals surface area contributed by atoms with Crippen molar-refractivity contribution in [3.63, 3.8) is 0 Å². The van der Waals surface area contributed by atoms with Crippen molar-refractivity contribution >= 4 is 44.1 Å². The van der Waals surface area contributed by atoms with Crippen molar-refractivity contribution in [1.82, 2.24) is 9.78 Å². The second kappa shape index (κ2) is 8.10. The zero-order valence-corrected chi connectivity index (χ0v) is 18.3. The van der Waals surface area contributed by atoms with Crippen LogP contribution >= 0.6 is 27.3 Å². The van der Waals surface area contributed by atoms with Crippen LogP contribution < -0.4 is 5.32 Å². The van der Waals surface area contributed by atoms with Gasteiger partial charge in [-0.25, -0.2) is 4.79 Å². The maximum Gasteiger partial charge on any atom is 0.436 e. The molecule has 0 saturated carbocycles. The minimum absolute atomic E-state index is 0.285.